The highest BCUT2D eigenvalue weighted by atomic mass is 32.2. The van der Waals surface area contributed by atoms with Gasteiger partial charge in [-0.2, -0.15) is 13.2 Å². The normalized spacial score (nSPS) is 11.6. The Balaban J connectivity index is 1.59. The van der Waals surface area contributed by atoms with Crippen LogP contribution in [-0.2, 0) is 6.18 Å². The fraction of sp³-hybridized carbons (Fsp3) is 0.0952. The highest BCUT2D eigenvalue weighted by Crippen LogP contribution is 2.38. The molecule has 0 fully saturated rings. The van der Waals surface area contributed by atoms with E-state index in [0.29, 0.717) is 5.69 Å². The van der Waals surface area contributed by atoms with Gasteiger partial charge in [0.15, 0.2) is 0 Å². The van der Waals surface area contributed by atoms with Gasteiger partial charge in [-0.1, -0.05) is 23.9 Å². The molecule has 4 aromatic rings. The largest absolute Gasteiger partial charge is 0.416 e. The fourth-order valence-corrected chi connectivity index (χ4v) is 4.83. The number of hydrogen-bond donors (Lipinski definition) is 1. The number of fused-ring (bicyclic) bond motifs is 1. The number of carbonyl (C=O) groups excluding carboxylic acids is 1. The number of nitrogens with one attached hydrogen (secondary N) is 1. The molecule has 0 aliphatic carbocycles. The molecule has 4 nitrogen and oxygen atoms in total. The summed E-state index contributed by atoms with van der Waals surface area (Å²) in [4.78, 5) is 22.9. The number of aryl methyl sites for hydroxylation is 1. The molecule has 30 heavy (non-hydrogen) atoms. The number of rotatable bonds is 4. The Hall–Kier alpha value is -2.91. The molecule has 1 amide bonds. The van der Waals surface area contributed by atoms with Crippen molar-refractivity contribution in [1.82, 2.24) is 9.97 Å². The summed E-state index contributed by atoms with van der Waals surface area (Å²) < 4.78 is 38.2. The Labute approximate surface area is 178 Å². The third kappa shape index (κ3) is 4.17. The van der Waals surface area contributed by atoms with Crippen molar-refractivity contribution in [2.45, 2.75) is 23.0 Å². The molecule has 0 radical (unpaired) electrons. The van der Waals surface area contributed by atoms with E-state index in [1.54, 1.807) is 12.1 Å². The third-order valence-corrected chi connectivity index (χ3v) is 6.42. The Kier molecular flexibility index (Phi) is 5.48. The summed E-state index contributed by atoms with van der Waals surface area (Å²) in [5.41, 5.74) is 0.964. The van der Waals surface area contributed by atoms with Gasteiger partial charge in [0, 0.05) is 15.8 Å². The maximum absolute atomic E-state index is 12.7. The highest BCUT2D eigenvalue weighted by Gasteiger charge is 2.30. The molecule has 0 saturated heterocycles. The molecule has 0 aliphatic heterocycles. The van der Waals surface area contributed by atoms with Gasteiger partial charge in [0.1, 0.15) is 16.2 Å². The number of benzene rings is 2. The number of thiophene rings is 1. The first-order chi connectivity index (χ1) is 14.3. The molecule has 0 spiro atoms. The Bertz CT molecular complexity index is 1220. The number of carbonyl (C=O) groups is 1. The number of alkyl halides is 3. The van der Waals surface area contributed by atoms with E-state index in [1.807, 2.05) is 24.4 Å². The van der Waals surface area contributed by atoms with Crippen LogP contribution in [0.1, 0.15) is 21.5 Å². The van der Waals surface area contributed by atoms with Crippen molar-refractivity contribution in [2.75, 3.05) is 5.32 Å². The van der Waals surface area contributed by atoms with E-state index in [2.05, 4.69) is 15.3 Å². The van der Waals surface area contributed by atoms with Gasteiger partial charge in [0.2, 0.25) is 0 Å². The lowest BCUT2D eigenvalue weighted by atomic mass is 10.1. The van der Waals surface area contributed by atoms with Crippen molar-refractivity contribution in [1.29, 1.82) is 0 Å². The quantitative estimate of drug-likeness (QED) is 0.368. The van der Waals surface area contributed by atoms with E-state index in [1.165, 1.54) is 29.4 Å². The van der Waals surface area contributed by atoms with Gasteiger partial charge in [-0.05, 0) is 54.3 Å². The van der Waals surface area contributed by atoms with E-state index in [4.69, 9.17) is 0 Å². The van der Waals surface area contributed by atoms with Crippen LogP contribution in [0, 0.1) is 6.92 Å². The minimum absolute atomic E-state index is 0.140. The van der Waals surface area contributed by atoms with Crippen LogP contribution in [-0.4, -0.2) is 15.9 Å². The van der Waals surface area contributed by atoms with E-state index < -0.39 is 17.6 Å². The summed E-state index contributed by atoms with van der Waals surface area (Å²) in [6, 6.07) is 11.3. The number of hydrogen-bond acceptors (Lipinski definition) is 5. The van der Waals surface area contributed by atoms with E-state index in [-0.39, 0.29) is 5.56 Å². The third-order valence-electron chi connectivity index (χ3n) is 4.34. The van der Waals surface area contributed by atoms with Gasteiger partial charge in [0.05, 0.1) is 11.3 Å². The summed E-state index contributed by atoms with van der Waals surface area (Å²) >= 11 is 2.94. The molecule has 152 valence electrons. The second-order valence-corrected chi connectivity index (χ2v) is 8.29. The van der Waals surface area contributed by atoms with Crippen molar-refractivity contribution in [3.63, 3.8) is 0 Å². The summed E-state index contributed by atoms with van der Waals surface area (Å²) in [5, 5.41) is 6.54. The molecule has 1 N–H and O–H groups in total. The van der Waals surface area contributed by atoms with Crippen molar-refractivity contribution >= 4 is 44.9 Å². The maximum Gasteiger partial charge on any atom is 0.416 e. The predicted molar refractivity (Wildman–Crippen MR) is 112 cm³/mol. The van der Waals surface area contributed by atoms with Crippen LogP contribution >= 0.6 is 23.1 Å². The van der Waals surface area contributed by atoms with Crippen LogP contribution in [0.15, 0.2) is 70.2 Å². The van der Waals surface area contributed by atoms with Gasteiger partial charge in [-0.15, -0.1) is 11.3 Å². The van der Waals surface area contributed by atoms with E-state index in [0.717, 1.165) is 50.0 Å². The SMILES string of the molecule is Cc1csc2ncnc(Sc3ccccc3NC(=O)c3ccc(C(F)(F)F)cc3)c12. The van der Waals surface area contributed by atoms with Crippen molar-refractivity contribution < 1.29 is 18.0 Å². The Morgan fingerprint density at radius 3 is 2.53 bits per heavy atom. The Morgan fingerprint density at radius 1 is 1.07 bits per heavy atom. The highest BCUT2D eigenvalue weighted by molar-refractivity contribution is 7.99. The number of anilines is 1. The lowest BCUT2D eigenvalue weighted by molar-refractivity contribution is -0.137. The monoisotopic (exact) mass is 445 g/mol. The summed E-state index contributed by atoms with van der Waals surface area (Å²) in [6.45, 7) is 1.99. The molecular formula is C21H14F3N3OS2. The topological polar surface area (TPSA) is 54.9 Å². The standard InChI is InChI=1S/C21H14F3N3OS2/c1-12-10-29-19-17(12)20(26-11-25-19)30-16-5-3-2-4-15(16)27-18(28)13-6-8-14(9-7-13)21(22,23)24/h2-11H,1H3,(H,27,28). The second kappa shape index (κ2) is 8.08. The molecule has 9 heteroatoms. The van der Waals surface area contributed by atoms with E-state index >= 15 is 0 Å². The van der Waals surface area contributed by atoms with Crippen molar-refractivity contribution in [3.05, 3.63) is 76.9 Å². The molecule has 2 heterocycles. The van der Waals surface area contributed by atoms with Crippen LogP contribution < -0.4 is 5.32 Å². The summed E-state index contributed by atoms with van der Waals surface area (Å²) in [5.74, 6) is -0.490. The molecule has 0 unspecified atom stereocenters. The van der Waals surface area contributed by atoms with Crippen molar-refractivity contribution in [2.24, 2.45) is 0 Å². The maximum atomic E-state index is 12.7. The Morgan fingerprint density at radius 2 is 1.80 bits per heavy atom. The first kappa shape index (κ1) is 20.4. The van der Waals surface area contributed by atoms with Crippen LogP contribution in [0.3, 0.4) is 0 Å². The van der Waals surface area contributed by atoms with Gasteiger partial charge in [-0.25, -0.2) is 9.97 Å². The van der Waals surface area contributed by atoms with Crippen LogP contribution in [0.2, 0.25) is 0 Å². The minimum atomic E-state index is -4.44. The summed E-state index contributed by atoms with van der Waals surface area (Å²) in [6.07, 6.45) is -2.94. The molecular weight excluding hydrogens is 431 g/mol. The fourth-order valence-electron chi connectivity index (χ4n) is 2.83. The van der Waals surface area contributed by atoms with E-state index in [9.17, 15) is 18.0 Å². The number of para-hydroxylation sites is 1. The summed E-state index contributed by atoms with van der Waals surface area (Å²) in [7, 11) is 0. The number of nitrogens with zero attached hydrogens (tertiary/aromatic N) is 2. The van der Waals surface area contributed by atoms with Crippen LogP contribution in [0.5, 0.6) is 0 Å². The molecule has 4 rings (SSSR count). The molecule has 0 aliphatic rings. The number of amides is 1. The van der Waals surface area contributed by atoms with Gasteiger partial charge >= 0.3 is 6.18 Å². The molecule has 2 aromatic carbocycles. The number of aromatic nitrogens is 2. The second-order valence-electron chi connectivity index (χ2n) is 6.41. The van der Waals surface area contributed by atoms with Gasteiger partial charge in [0.25, 0.3) is 5.91 Å². The van der Waals surface area contributed by atoms with Crippen LogP contribution in [0.25, 0.3) is 10.2 Å². The van der Waals surface area contributed by atoms with Gasteiger partial charge < -0.3 is 5.32 Å². The lowest BCUT2D eigenvalue weighted by Crippen LogP contribution is -2.13. The zero-order chi connectivity index (χ0) is 21.3. The molecule has 0 atom stereocenters. The first-order valence-electron chi connectivity index (χ1n) is 8.77. The smallest absolute Gasteiger partial charge is 0.321 e. The number of halogens is 3. The minimum Gasteiger partial charge on any atom is -0.321 e. The van der Waals surface area contributed by atoms with Crippen molar-refractivity contribution in [3.8, 4) is 0 Å². The van der Waals surface area contributed by atoms with Gasteiger partial charge in [-0.3, -0.25) is 4.79 Å². The van der Waals surface area contributed by atoms with Crippen LogP contribution in [0.4, 0.5) is 18.9 Å². The average molecular weight is 445 g/mol. The first-order valence-corrected chi connectivity index (χ1v) is 10.5. The molecule has 0 saturated carbocycles. The average Bonchev–Trinajstić information content (AvgIpc) is 3.11. The zero-order valence-corrected chi connectivity index (χ0v) is 17.2. The zero-order valence-electron chi connectivity index (χ0n) is 15.5. The predicted octanol–water partition coefficient (Wildman–Crippen LogP) is 6.42. The molecule has 0 bridgehead atoms. The lowest BCUT2D eigenvalue weighted by Gasteiger charge is -2.12. The molecule has 2 aromatic heterocycles.